The molecule has 0 radical (unpaired) electrons. The minimum Gasteiger partial charge on any atom is -0.363 e. The van der Waals surface area contributed by atoms with Crippen molar-refractivity contribution in [2.75, 3.05) is 5.32 Å². The van der Waals surface area contributed by atoms with Gasteiger partial charge in [-0.1, -0.05) is 55.8 Å². The molecule has 2 N–H and O–H groups in total. The first-order valence-corrected chi connectivity index (χ1v) is 8.71. The maximum absolute atomic E-state index is 12.8. The average molecular weight is 337 g/mol. The fraction of sp³-hybridized carbons (Fsp3) is 0.300. The van der Waals surface area contributed by atoms with Crippen LogP contribution in [0.25, 0.3) is 0 Å². The van der Waals surface area contributed by atoms with Crippen LogP contribution in [0.15, 0.2) is 54.6 Å². The van der Waals surface area contributed by atoms with Crippen molar-refractivity contribution < 1.29 is 9.59 Å². The number of rotatable bonds is 6. The second-order valence-electron chi connectivity index (χ2n) is 6.19. The predicted octanol–water partition coefficient (Wildman–Crippen LogP) is 3.34. The summed E-state index contributed by atoms with van der Waals surface area (Å²) in [6.45, 7) is 2.06. The topological polar surface area (TPSA) is 61.4 Å². The fourth-order valence-electron chi connectivity index (χ4n) is 3.01. The molecule has 1 unspecified atom stereocenters. The third-order valence-corrected chi connectivity index (χ3v) is 4.30. The van der Waals surface area contributed by atoms with E-state index < -0.39 is 0 Å². The summed E-state index contributed by atoms with van der Waals surface area (Å²) >= 11 is 0. The Morgan fingerprint density at radius 1 is 1.12 bits per heavy atom. The number of carbonyl (C=O) groups excluding carboxylic acids is 2. The van der Waals surface area contributed by atoms with Gasteiger partial charge in [-0.25, -0.2) is 5.01 Å². The molecule has 0 bridgehead atoms. The van der Waals surface area contributed by atoms with Gasteiger partial charge < -0.3 is 5.32 Å². The van der Waals surface area contributed by atoms with E-state index in [1.54, 1.807) is 6.07 Å². The monoisotopic (exact) mass is 337 g/mol. The Hall–Kier alpha value is -2.82. The van der Waals surface area contributed by atoms with E-state index in [0.29, 0.717) is 18.4 Å². The molecule has 2 aromatic rings. The molecule has 1 heterocycles. The van der Waals surface area contributed by atoms with Crippen molar-refractivity contribution in [3.63, 3.8) is 0 Å². The van der Waals surface area contributed by atoms with Crippen LogP contribution in [-0.4, -0.2) is 23.0 Å². The Labute approximate surface area is 148 Å². The van der Waals surface area contributed by atoms with Crippen LogP contribution >= 0.6 is 0 Å². The summed E-state index contributed by atoms with van der Waals surface area (Å²) in [6, 6.07) is 17.3. The van der Waals surface area contributed by atoms with E-state index in [1.165, 1.54) is 5.01 Å². The molecule has 5 heteroatoms. The molecule has 0 spiro atoms. The van der Waals surface area contributed by atoms with Gasteiger partial charge in [0.1, 0.15) is 6.17 Å². The first-order chi connectivity index (χ1) is 12.2. The van der Waals surface area contributed by atoms with Crippen LogP contribution in [0.5, 0.6) is 0 Å². The molecule has 3 rings (SSSR count). The van der Waals surface area contributed by atoms with E-state index in [4.69, 9.17) is 0 Å². The zero-order chi connectivity index (χ0) is 17.6. The van der Waals surface area contributed by atoms with Gasteiger partial charge in [-0.15, -0.1) is 0 Å². The number of carbonyl (C=O) groups is 2. The summed E-state index contributed by atoms with van der Waals surface area (Å²) in [6.07, 6.45) is 2.43. The zero-order valence-corrected chi connectivity index (χ0v) is 14.4. The van der Waals surface area contributed by atoms with Crippen LogP contribution in [0.2, 0.25) is 0 Å². The summed E-state index contributed by atoms with van der Waals surface area (Å²) in [5, 5.41) is 4.79. The van der Waals surface area contributed by atoms with Crippen LogP contribution in [-0.2, 0) is 11.2 Å². The van der Waals surface area contributed by atoms with Crippen LogP contribution in [0.3, 0.4) is 0 Å². The summed E-state index contributed by atoms with van der Waals surface area (Å²) < 4.78 is 0. The van der Waals surface area contributed by atoms with Gasteiger partial charge in [0.25, 0.3) is 5.91 Å². The maximum atomic E-state index is 12.8. The molecule has 1 aliphatic heterocycles. The normalized spacial score (nSPS) is 16.1. The first-order valence-electron chi connectivity index (χ1n) is 8.71. The summed E-state index contributed by atoms with van der Waals surface area (Å²) in [7, 11) is 0. The van der Waals surface area contributed by atoms with E-state index in [1.807, 2.05) is 48.5 Å². The second-order valence-corrected chi connectivity index (χ2v) is 6.19. The quantitative estimate of drug-likeness (QED) is 0.850. The van der Waals surface area contributed by atoms with E-state index in [-0.39, 0.29) is 18.0 Å². The molecule has 0 saturated carbocycles. The second kappa shape index (κ2) is 7.83. The number of amides is 2. The zero-order valence-electron chi connectivity index (χ0n) is 14.4. The standard InChI is InChI=1S/C20H23N3O2/c1-2-8-18-21-17-12-7-6-11-16(17)20(25)23(18)22-19(24)14-13-15-9-4-3-5-10-15/h3-7,9-12,18,21H,2,8,13-14H2,1H3,(H,22,24). The van der Waals surface area contributed by atoms with E-state index >= 15 is 0 Å². The number of anilines is 1. The number of nitrogens with one attached hydrogen (secondary N) is 2. The number of hydrogen-bond donors (Lipinski definition) is 2. The van der Waals surface area contributed by atoms with E-state index in [9.17, 15) is 9.59 Å². The minimum absolute atomic E-state index is 0.153. The van der Waals surface area contributed by atoms with E-state index in [0.717, 1.165) is 24.1 Å². The van der Waals surface area contributed by atoms with Crippen LogP contribution < -0.4 is 10.7 Å². The number of hydrazine groups is 1. The Morgan fingerprint density at radius 3 is 2.60 bits per heavy atom. The number of hydrogen-bond acceptors (Lipinski definition) is 3. The Kier molecular flexibility index (Phi) is 5.33. The van der Waals surface area contributed by atoms with Gasteiger partial charge in [0.05, 0.1) is 5.56 Å². The highest BCUT2D eigenvalue weighted by atomic mass is 16.2. The number of aryl methyl sites for hydroxylation is 1. The molecule has 0 saturated heterocycles. The maximum Gasteiger partial charge on any atom is 0.276 e. The molecule has 1 atom stereocenters. The van der Waals surface area contributed by atoms with Gasteiger partial charge in [-0.3, -0.25) is 15.0 Å². The summed E-state index contributed by atoms with van der Waals surface area (Å²) in [5.41, 5.74) is 5.31. The van der Waals surface area contributed by atoms with Gasteiger partial charge in [0.15, 0.2) is 0 Å². The van der Waals surface area contributed by atoms with Crippen LogP contribution in [0.4, 0.5) is 5.69 Å². The summed E-state index contributed by atoms with van der Waals surface area (Å²) in [5.74, 6) is -0.319. The minimum atomic E-state index is -0.229. The van der Waals surface area contributed by atoms with Crippen molar-refractivity contribution in [1.29, 1.82) is 0 Å². The van der Waals surface area contributed by atoms with Crippen molar-refractivity contribution >= 4 is 17.5 Å². The SMILES string of the molecule is CCCC1Nc2ccccc2C(=O)N1NC(=O)CCc1ccccc1. The smallest absolute Gasteiger partial charge is 0.276 e. The average Bonchev–Trinajstić information content (AvgIpc) is 2.64. The predicted molar refractivity (Wildman–Crippen MR) is 97.8 cm³/mol. The van der Waals surface area contributed by atoms with Gasteiger partial charge in [-0.05, 0) is 30.5 Å². The molecule has 2 aromatic carbocycles. The molecule has 25 heavy (non-hydrogen) atoms. The van der Waals surface area contributed by atoms with Crippen LogP contribution in [0.1, 0.15) is 42.1 Å². The Morgan fingerprint density at radius 2 is 1.84 bits per heavy atom. The number of fused-ring (bicyclic) bond motifs is 1. The van der Waals surface area contributed by atoms with Gasteiger partial charge >= 0.3 is 0 Å². The summed E-state index contributed by atoms with van der Waals surface area (Å²) in [4.78, 5) is 25.1. The molecule has 0 aromatic heterocycles. The van der Waals surface area contributed by atoms with Gasteiger partial charge in [0, 0.05) is 12.1 Å². The molecule has 0 aliphatic carbocycles. The van der Waals surface area contributed by atoms with Crippen LogP contribution in [0, 0.1) is 0 Å². The Balaban J connectivity index is 1.68. The Bertz CT molecular complexity index is 746. The number of nitrogens with zero attached hydrogens (tertiary/aromatic N) is 1. The lowest BCUT2D eigenvalue weighted by atomic mass is 10.1. The van der Waals surface area contributed by atoms with Crippen molar-refractivity contribution in [1.82, 2.24) is 10.4 Å². The molecular weight excluding hydrogens is 314 g/mol. The molecule has 0 fully saturated rings. The number of benzene rings is 2. The van der Waals surface area contributed by atoms with Gasteiger partial charge in [-0.2, -0.15) is 0 Å². The highest BCUT2D eigenvalue weighted by Gasteiger charge is 2.32. The lowest BCUT2D eigenvalue weighted by molar-refractivity contribution is -0.125. The van der Waals surface area contributed by atoms with E-state index in [2.05, 4.69) is 17.7 Å². The van der Waals surface area contributed by atoms with Crippen molar-refractivity contribution in [3.05, 3.63) is 65.7 Å². The van der Waals surface area contributed by atoms with Crippen molar-refractivity contribution in [2.24, 2.45) is 0 Å². The van der Waals surface area contributed by atoms with Crippen molar-refractivity contribution in [3.8, 4) is 0 Å². The molecule has 5 nitrogen and oxygen atoms in total. The molecule has 2 amide bonds. The molecule has 130 valence electrons. The van der Waals surface area contributed by atoms with Crippen molar-refractivity contribution in [2.45, 2.75) is 38.8 Å². The third kappa shape index (κ3) is 3.99. The number of para-hydroxylation sites is 1. The van der Waals surface area contributed by atoms with Gasteiger partial charge in [0.2, 0.25) is 5.91 Å². The largest absolute Gasteiger partial charge is 0.363 e. The molecule has 1 aliphatic rings. The molecular formula is C20H23N3O2. The highest BCUT2D eigenvalue weighted by Crippen LogP contribution is 2.25. The fourth-order valence-corrected chi connectivity index (χ4v) is 3.01. The first kappa shape index (κ1) is 17.0. The highest BCUT2D eigenvalue weighted by molar-refractivity contribution is 6.02. The third-order valence-electron chi connectivity index (χ3n) is 4.30. The lowest BCUT2D eigenvalue weighted by Gasteiger charge is -2.37. The lowest BCUT2D eigenvalue weighted by Crippen LogP contribution is -2.57.